The lowest BCUT2D eigenvalue weighted by Gasteiger charge is -2.13. The number of carbonyl (C=O) groups is 1. The molecule has 3 aromatic rings. The number of allylic oxidation sites excluding steroid dienone is 2. The second kappa shape index (κ2) is 10.4. The number of hydrogen-bond donors (Lipinski definition) is 1. The van der Waals surface area contributed by atoms with Gasteiger partial charge in [0.2, 0.25) is 5.91 Å². The number of nitrogens with one attached hydrogen (secondary N) is 1. The number of furan rings is 1. The van der Waals surface area contributed by atoms with Crippen molar-refractivity contribution in [2.45, 2.75) is 39.0 Å². The first-order valence-electron chi connectivity index (χ1n) is 11.5. The Kier molecular flexibility index (Phi) is 7.18. The molecule has 1 aliphatic carbocycles. The van der Waals surface area contributed by atoms with Crippen LogP contribution in [-0.4, -0.2) is 26.7 Å². The first-order valence-corrected chi connectivity index (χ1v) is 11.5. The van der Waals surface area contributed by atoms with E-state index in [4.69, 9.17) is 13.9 Å². The molecule has 0 fully saturated rings. The number of benzene rings is 2. The summed E-state index contributed by atoms with van der Waals surface area (Å²) in [4.78, 5) is 12.6. The van der Waals surface area contributed by atoms with Gasteiger partial charge in [0, 0.05) is 40.8 Å². The monoisotopic (exact) mass is 445 g/mol. The summed E-state index contributed by atoms with van der Waals surface area (Å²) in [6.07, 6.45) is 11.5. The van der Waals surface area contributed by atoms with E-state index in [0.29, 0.717) is 12.3 Å². The SMILES string of the molecule is COc1cc2occ(-c3ccccc3OC)c2cc1/C(C)=C/C(=O)NCCC1=CCCCC1. The number of rotatable bonds is 8. The first-order chi connectivity index (χ1) is 16.1. The summed E-state index contributed by atoms with van der Waals surface area (Å²) in [7, 11) is 3.28. The van der Waals surface area contributed by atoms with Gasteiger partial charge in [0.05, 0.1) is 20.5 Å². The van der Waals surface area contributed by atoms with E-state index in [0.717, 1.165) is 58.2 Å². The topological polar surface area (TPSA) is 60.7 Å². The van der Waals surface area contributed by atoms with Crippen LogP contribution in [0.5, 0.6) is 11.5 Å². The van der Waals surface area contributed by atoms with Crippen LogP contribution in [0.3, 0.4) is 0 Å². The molecular formula is C28H31NO4. The number of methoxy groups -OCH3 is 2. The van der Waals surface area contributed by atoms with Crippen LogP contribution in [0.25, 0.3) is 27.7 Å². The third-order valence-corrected chi connectivity index (χ3v) is 6.20. The van der Waals surface area contributed by atoms with Crippen LogP contribution >= 0.6 is 0 Å². The fraction of sp³-hybridized carbons (Fsp3) is 0.321. The molecule has 2 aromatic carbocycles. The molecule has 0 spiro atoms. The molecule has 1 amide bonds. The van der Waals surface area contributed by atoms with Gasteiger partial charge in [-0.15, -0.1) is 0 Å². The molecule has 0 saturated carbocycles. The highest BCUT2D eigenvalue weighted by Crippen LogP contribution is 2.40. The van der Waals surface area contributed by atoms with Gasteiger partial charge in [0.25, 0.3) is 0 Å². The van der Waals surface area contributed by atoms with Crippen molar-refractivity contribution in [2.24, 2.45) is 0 Å². The van der Waals surface area contributed by atoms with Crippen molar-refractivity contribution in [1.29, 1.82) is 0 Å². The van der Waals surface area contributed by atoms with Gasteiger partial charge in [0.1, 0.15) is 17.1 Å². The summed E-state index contributed by atoms with van der Waals surface area (Å²) in [5.74, 6) is 1.35. The summed E-state index contributed by atoms with van der Waals surface area (Å²) in [5.41, 5.74) is 5.74. The molecule has 1 aliphatic rings. The zero-order valence-electron chi connectivity index (χ0n) is 19.6. The first kappa shape index (κ1) is 22.7. The maximum atomic E-state index is 12.6. The molecule has 5 heteroatoms. The van der Waals surface area contributed by atoms with E-state index < -0.39 is 0 Å². The van der Waals surface area contributed by atoms with Crippen LogP contribution in [-0.2, 0) is 4.79 Å². The number of hydrogen-bond acceptors (Lipinski definition) is 4. The van der Waals surface area contributed by atoms with Crippen LogP contribution in [0.1, 0.15) is 44.6 Å². The van der Waals surface area contributed by atoms with E-state index in [-0.39, 0.29) is 5.91 Å². The van der Waals surface area contributed by atoms with E-state index in [1.54, 1.807) is 26.6 Å². The molecule has 5 nitrogen and oxygen atoms in total. The summed E-state index contributed by atoms with van der Waals surface area (Å²) < 4.78 is 17.0. The standard InChI is InChI=1S/C28H31NO4/c1-19(15-28(30)29-14-13-20-9-5-4-6-10-20)22-16-23-24(18-33-27(23)17-26(22)32-3)21-11-7-8-12-25(21)31-2/h7-9,11-12,15-18H,4-6,10,13-14H2,1-3H3,(H,29,30)/b19-15+. The largest absolute Gasteiger partial charge is 0.496 e. The summed E-state index contributed by atoms with van der Waals surface area (Å²) >= 11 is 0. The molecule has 1 aromatic heterocycles. The Labute approximate surface area is 195 Å². The van der Waals surface area contributed by atoms with Crippen LogP contribution < -0.4 is 14.8 Å². The molecule has 33 heavy (non-hydrogen) atoms. The number of carbonyl (C=O) groups excluding carboxylic acids is 1. The van der Waals surface area contributed by atoms with Gasteiger partial charge < -0.3 is 19.2 Å². The zero-order valence-corrected chi connectivity index (χ0v) is 19.6. The second-order valence-electron chi connectivity index (χ2n) is 8.37. The third kappa shape index (κ3) is 5.14. The Hall–Kier alpha value is -3.47. The Balaban J connectivity index is 1.59. The molecular weight excluding hydrogens is 414 g/mol. The van der Waals surface area contributed by atoms with Crippen molar-refractivity contribution >= 4 is 22.4 Å². The lowest BCUT2D eigenvalue weighted by Crippen LogP contribution is -2.23. The van der Waals surface area contributed by atoms with Crippen LogP contribution in [0.15, 0.2) is 64.8 Å². The normalized spacial score (nSPS) is 14.2. The fourth-order valence-corrected chi connectivity index (χ4v) is 4.41. The minimum Gasteiger partial charge on any atom is -0.496 e. The molecule has 0 bridgehead atoms. The highest BCUT2D eigenvalue weighted by atomic mass is 16.5. The van der Waals surface area contributed by atoms with Gasteiger partial charge >= 0.3 is 0 Å². The van der Waals surface area contributed by atoms with Gasteiger partial charge in [-0.25, -0.2) is 0 Å². The van der Waals surface area contributed by atoms with Crippen molar-refractivity contribution in [3.05, 3.63) is 65.9 Å². The Morgan fingerprint density at radius 2 is 1.91 bits per heavy atom. The smallest absolute Gasteiger partial charge is 0.244 e. The van der Waals surface area contributed by atoms with E-state index >= 15 is 0 Å². The minimum atomic E-state index is -0.0943. The van der Waals surface area contributed by atoms with Gasteiger partial charge in [-0.1, -0.05) is 29.8 Å². The molecule has 1 N–H and O–H groups in total. The van der Waals surface area contributed by atoms with Gasteiger partial charge in [0.15, 0.2) is 0 Å². The number of fused-ring (bicyclic) bond motifs is 1. The number of ether oxygens (including phenoxy) is 2. The predicted octanol–water partition coefficient (Wildman–Crippen LogP) is 6.53. The van der Waals surface area contributed by atoms with E-state index in [1.807, 2.05) is 43.3 Å². The Morgan fingerprint density at radius 1 is 1.09 bits per heavy atom. The van der Waals surface area contributed by atoms with E-state index in [9.17, 15) is 4.79 Å². The summed E-state index contributed by atoms with van der Waals surface area (Å²) in [6, 6.07) is 11.7. The number of para-hydroxylation sites is 1. The second-order valence-corrected chi connectivity index (χ2v) is 8.37. The maximum absolute atomic E-state index is 12.6. The zero-order chi connectivity index (χ0) is 23.2. The highest BCUT2D eigenvalue weighted by molar-refractivity contribution is 6.01. The van der Waals surface area contributed by atoms with Crippen LogP contribution in [0.4, 0.5) is 0 Å². The molecule has 4 rings (SSSR count). The quantitative estimate of drug-likeness (QED) is 0.316. The summed E-state index contributed by atoms with van der Waals surface area (Å²) in [5, 5.41) is 3.96. The van der Waals surface area contributed by atoms with Crippen LogP contribution in [0, 0.1) is 0 Å². The lowest BCUT2D eigenvalue weighted by atomic mass is 9.97. The van der Waals surface area contributed by atoms with E-state index in [1.165, 1.54) is 18.4 Å². The third-order valence-electron chi connectivity index (χ3n) is 6.20. The minimum absolute atomic E-state index is 0.0943. The Bertz CT molecular complexity index is 1200. The maximum Gasteiger partial charge on any atom is 0.244 e. The molecule has 0 aliphatic heterocycles. The van der Waals surface area contributed by atoms with Gasteiger partial charge in [-0.3, -0.25) is 4.79 Å². The predicted molar refractivity (Wildman–Crippen MR) is 133 cm³/mol. The molecule has 172 valence electrons. The molecule has 0 saturated heterocycles. The Morgan fingerprint density at radius 3 is 2.67 bits per heavy atom. The van der Waals surface area contributed by atoms with E-state index in [2.05, 4.69) is 11.4 Å². The van der Waals surface area contributed by atoms with Crippen molar-refractivity contribution in [1.82, 2.24) is 5.32 Å². The van der Waals surface area contributed by atoms with Gasteiger partial charge in [-0.05, 0) is 56.7 Å². The van der Waals surface area contributed by atoms with Crippen molar-refractivity contribution < 1.29 is 18.7 Å². The average Bonchev–Trinajstić information content (AvgIpc) is 3.26. The molecule has 1 heterocycles. The van der Waals surface area contributed by atoms with Crippen molar-refractivity contribution in [3.8, 4) is 22.6 Å². The average molecular weight is 446 g/mol. The number of amides is 1. The van der Waals surface area contributed by atoms with Crippen molar-refractivity contribution in [2.75, 3.05) is 20.8 Å². The highest BCUT2D eigenvalue weighted by Gasteiger charge is 2.17. The van der Waals surface area contributed by atoms with Crippen LogP contribution in [0.2, 0.25) is 0 Å². The molecule has 0 radical (unpaired) electrons. The molecule has 0 unspecified atom stereocenters. The lowest BCUT2D eigenvalue weighted by molar-refractivity contribution is -0.116. The molecule has 0 atom stereocenters. The summed E-state index contributed by atoms with van der Waals surface area (Å²) in [6.45, 7) is 2.58. The van der Waals surface area contributed by atoms with Gasteiger partial charge in [-0.2, -0.15) is 0 Å². The van der Waals surface area contributed by atoms with Crippen molar-refractivity contribution in [3.63, 3.8) is 0 Å². The fourth-order valence-electron chi connectivity index (χ4n) is 4.41.